The lowest BCUT2D eigenvalue weighted by Crippen LogP contribution is -2.29. The number of ketones is 1. The molecule has 1 aliphatic rings. The summed E-state index contributed by atoms with van der Waals surface area (Å²) in [7, 11) is 0. The molecule has 4 rings (SSSR count). The summed E-state index contributed by atoms with van der Waals surface area (Å²) in [4.78, 5) is 52.4. The average Bonchev–Trinajstić information content (AvgIpc) is 3.29. The number of benzene rings is 2. The number of amides is 3. The van der Waals surface area contributed by atoms with Gasteiger partial charge >= 0.3 is 0 Å². The number of nitrogens with zero attached hydrogens (tertiary/aromatic N) is 1. The van der Waals surface area contributed by atoms with Crippen molar-refractivity contribution < 1.29 is 19.2 Å². The van der Waals surface area contributed by atoms with Gasteiger partial charge in [0.25, 0.3) is 11.8 Å². The van der Waals surface area contributed by atoms with Crippen LogP contribution in [0.4, 0.5) is 11.4 Å². The summed E-state index contributed by atoms with van der Waals surface area (Å²) in [5.74, 6) is -1.29. The fourth-order valence-corrected chi connectivity index (χ4v) is 4.43. The molecule has 0 radical (unpaired) electrons. The summed E-state index contributed by atoms with van der Waals surface area (Å²) in [6.45, 7) is 1.92. The number of nitrogens with one attached hydrogen (secondary N) is 1. The highest BCUT2D eigenvalue weighted by Gasteiger charge is 2.37. The summed E-state index contributed by atoms with van der Waals surface area (Å²) in [6.07, 6.45) is 0.139. The van der Waals surface area contributed by atoms with E-state index in [1.54, 1.807) is 36.4 Å². The first-order chi connectivity index (χ1) is 14.8. The van der Waals surface area contributed by atoms with E-state index in [0.717, 1.165) is 9.78 Å². The van der Waals surface area contributed by atoms with Gasteiger partial charge in [-0.1, -0.05) is 23.7 Å². The van der Waals surface area contributed by atoms with Gasteiger partial charge in [-0.25, -0.2) is 4.90 Å². The molecule has 0 atom stereocenters. The maximum atomic E-state index is 12.6. The molecule has 0 saturated carbocycles. The lowest BCUT2D eigenvalue weighted by Gasteiger charge is -2.16. The Morgan fingerprint density at radius 2 is 1.65 bits per heavy atom. The number of halogens is 1. The van der Waals surface area contributed by atoms with Crippen LogP contribution in [0.15, 0.2) is 54.6 Å². The molecule has 0 fully saturated rings. The van der Waals surface area contributed by atoms with Crippen LogP contribution in [0.5, 0.6) is 0 Å². The minimum atomic E-state index is -0.443. The number of rotatable bonds is 6. The molecule has 0 spiro atoms. The van der Waals surface area contributed by atoms with Crippen molar-refractivity contribution in [3.8, 4) is 0 Å². The van der Waals surface area contributed by atoms with Crippen molar-refractivity contribution in [1.29, 1.82) is 0 Å². The number of fused-ring (bicyclic) bond motifs is 1. The Balaban J connectivity index is 1.42. The van der Waals surface area contributed by atoms with E-state index in [4.69, 9.17) is 11.6 Å². The zero-order valence-corrected chi connectivity index (χ0v) is 18.0. The Hall–Kier alpha value is -3.29. The molecule has 1 aromatic heterocycles. The number of anilines is 2. The molecule has 3 amide bonds. The summed E-state index contributed by atoms with van der Waals surface area (Å²) in [5, 5.41) is 2.84. The molecule has 31 heavy (non-hydrogen) atoms. The van der Waals surface area contributed by atoms with E-state index in [0.29, 0.717) is 21.7 Å². The van der Waals surface area contributed by atoms with E-state index in [1.165, 1.54) is 23.5 Å². The fraction of sp³-hybridized carbons (Fsp3) is 0.130. The number of thiophene rings is 1. The first-order valence-electron chi connectivity index (χ1n) is 9.52. The second-order valence-corrected chi connectivity index (χ2v) is 8.73. The molecule has 2 aromatic carbocycles. The topological polar surface area (TPSA) is 83.6 Å². The van der Waals surface area contributed by atoms with Crippen LogP contribution in [0, 0.1) is 6.92 Å². The molecule has 3 aromatic rings. The van der Waals surface area contributed by atoms with Crippen molar-refractivity contribution in [1.82, 2.24) is 0 Å². The largest absolute Gasteiger partial charge is 0.326 e. The van der Waals surface area contributed by atoms with E-state index in [1.807, 2.05) is 13.0 Å². The van der Waals surface area contributed by atoms with Crippen LogP contribution in [0.3, 0.4) is 0 Å². The van der Waals surface area contributed by atoms with Gasteiger partial charge in [0.05, 0.1) is 26.7 Å². The molecule has 1 aliphatic heterocycles. The quantitative estimate of drug-likeness (QED) is 0.416. The molecule has 1 N–H and O–H groups in total. The van der Waals surface area contributed by atoms with Gasteiger partial charge in [-0.3, -0.25) is 19.2 Å². The monoisotopic (exact) mass is 452 g/mol. The van der Waals surface area contributed by atoms with Crippen molar-refractivity contribution in [2.75, 3.05) is 10.2 Å². The lowest BCUT2D eigenvalue weighted by molar-refractivity contribution is -0.116. The zero-order chi connectivity index (χ0) is 22.1. The van der Waals surface area contributed by atoms with E-state index in [9.17, 15) is 19.2 Å². The van der Waals surface area contributed by atoms with Crippen LogP contribution < -0.4 is 10.2 Å². The number of carbonyl (C=O) groups excluding carboxylic acids is 4. The number of carbonyl (C=O) groups is 4. The normalized spacial score (nSPS) is 12.8. The molecule has 6 nitrogen and oxygen atoms in total. The summed E-state index contributed by atoms with van der Waals surface area (Å²) < 4.78 is 0. The highest BCUT2D eigenvalue weighted by atomic mass is 35.5. The Kier molecular flexibility index (Phi) is 5.71. The van der Waals surface area contributed by atoms with Gasteiger partial charge in [-0.05, 0) is 49.4 Å². The predicted molar refractivity (Wildman–Crippen MR) is 120 cm³/mol. The van der Waals surface area contributed by atoms with Crippen LogP contribution in [0.1, 0.15) is 48.1 Å². The first-order valence-corrected chi connectivity index (χ1v) is 10.7. The standard InChI is InChI=1S/C23H17ClN2O4S/c1-13-6-10-20(31-13)19(27)9-11-21(28)25-14-7-8-18(17(24)12-14)26-22(29)15-4-2-3-5-16(15)23(26)30/h2-8,10,12H,9,11H2,1H3,(H,25,28). The predicted octanol–water partition coefficient (Wildman–Crippen LogP) is 5.11. The number of hydrogen-bond donors (Lipinski definition) is 1. The van der Waals surface area contributed by atoms with Gasteiger partial charge in [-0.2, -0.15) is 0 Å². The van der Waals surface area contributed by atoms with Gasteiger partial charge < -0.3 is 5.32 Å². The molecular formula is C23H17ClN2O4S. The molecule has 0 aliphatic carbocycles. The fourth-order valence-electron chi connectivity index (χ4n) is 3.33. The Labute approximate surface area is 187 Å². The van der Waals surface area contributed by atoms with Crippen molar-refractivity contribution in [3.63, 3.8) is 0 Å². The summed E-state index contributed by atoms with van der Waals surface area (Å²) >= 11 is 7.73. The van der Waals surface area contributed by atoms with Gasteiger partial charge in [0, 0.05) is 23.4 Å². The van der Waals surface area contributed by atoms with E-state index < -0.39 is 11.8 Å². The molecule has 8 heteroatoms. The van der Waals surface area contributed by atoms with Crippen LogP contribution in [-0.4, -0.2) is 23.5 Å². The van der Waals surface area contributed by atoms with E-state index in [-0.39, 0.29) is 35.2 Å². The van der Waals surface area contributed by atoms with Crippen molar-refractivity contribution in [2.45, 2.75) is 19.8 Å². The van der Waals surface area contributed by atoms with E-state index in [2.05, 4.69) is 5.32 Å². The number of hydrogen-bond acceptors (Lipinski definition) is 5. The second kappa shape index (κ2) is 8.45. The van der Waals surface area contributed by atoms with Gasteiger partial charge in [0.15, 0.2) is 5.78 Å². The van der Waals surface area contributed by atoms with Crippen LogP contribution in [-0.2, 0) is 4.79 Å². The SMILES string of the molecule is Cc1ccc(C(=O)CCC(=O)Nc2ccc(N3C(=O)c4ccccc4C3=O)c(Cl)c2)s1. The lowest BCUT2D eigenvalue weighted by atomic mass is 10.1. The van der Waals surface area contributed by atoms with Gasteiger partial charge in [-0.15, -0.1) is 11.3 Å². The molecule has 0 saturated heterocycles. The number of aryl methyl sites for hydroxylation is 1. The third-order valence-corrected chi connectivity index (χ3v) is 6.21. The Morgan fingerprint density at radius 3 is 2.23 bits per heavy atom. The maximum Gasteiger partial charge on any atom is 0.266 e. The number of Topliss-reactive ketones (excluding diaryl/α,β-unsaturated/α-hetero) is 1. The second-order valence-electron chi connectivity index (χ2n) is 7.04. The highest BCUT2D eigenvalue weighted by Crippen LogP contribution is 2.34. The molecule has 156 valence electrons. The summed E-state index contributed by atoms with van der Waals surface area (Å²) in [5.41, 5.74) is 1.31. The van der Waals surface area contributed by atoms with E-state index >= 15 is 0 Å². The third-order valence-electron chi connectivity index (χ3n) is 4.86. The minimum Gasteiger partial charge on any atom is -0.326 e. The van der Waals surface area contributed by atoms with Gasteiger partial charge in [0.1, 0.15) is 0 Å². The van der Waals surface area contributed by atoms with Crippen LogP contribution in [0.25, 0.3) is 0 Å². The maximum absolute atomic E-state index is 12.6. The minimum absolute atomic E-state index is 0.0353. The van der Waals surface area contributed by atoms with Crippen molar-refractivity contribution >= 4 is 57.8 Å². The molecule has 0 bridgehead atoms. The molecule has 0 unspecified atom stereocenters. The van der Waals surface area contributed by atoms with Gasteiger partial charge in [0.2, 0.25) is 5.91 Å². The summed E-state index contributed by atoms with van der Waals surface area (Å²) in [6, 6.07) is 14.8. The third kappa shape index (κ3) is 4.15. The Bertz CT molecular complexity index is 1200. The Morgan fingerprint density at radius 1 is 0.968 bits per heavy atom. The highest BCUT2D eigenvalue weighted by molar-refractivity contribution is 7.14. The smallest absolute Gasteiger partial charge is 0.266 e. The average molecular weight is 453 g/mol. The van der Waals surface area contributed by atoms with Crippen LogP contribution >= 0.6 is 22.9 Å². The van der Waals surface area contributed by atoms with Crippen LogP contribution in [0.2, 0.25) is 5.02 Å². The van der Waals surface area contributed by atoms with Crippen molar-refractivity contribution in [2.24, 2.45) is 0 Å². The number of imide groups is 1. The molecule has 2 heterocycles. The molecular weight excluding hydrogens is 436 g/mol. The van der Waals surface area contributed by atoms with Crippen molar-refractivity contribution in [3.05, 3.63) is 80.5 Å². The first kappa shape index (κ1) is 21.0. The zero-order valence-electron chi connectivity index (χ0n) is 16.5.